The minimum absolute atomic E-state index is 0.166. The molecule has 2 rings (SSSR count). The second-order valence-electron chi connectivity index (χ2n) is 5.64. The van der Waals surface area contributed by atoms with E-state index in [1.165, 1.54) is 25.5 Å². The first kappa shape index (κ1) is 18.3. The zero-order chi connectivity index (χ0) is 18.4. The van der Waals surface area contributed by atoms with Gasteiger partial charge in [0.05, 0.1) is 13.4 Å². The van der Waals surface area contributed by atoms with Gasteiger partial charge in [0.25, 0.3) is 11.8 Å². The maximum atomic E-state index is 12.5. The number of esters is 1. The van der Waals surface area contributed by atoms with Crippen molar-refractivity contribution < 1.29 is 23.5 Å². The van der Waals surface area contributed by atoms with Crippen LogP contribution in [0.1, 0.15) is 41.2 Å². The maximum absolute atomic E-state index is 12.5. The van der Waals surface area contributed by atoms with Crippen LogP contribution >= 0.6 is 0 Å². The Morgan fingerprint density at radius 3 is 2.52 bits per heavy atom. The Kier molecular flexibility index (Phi) is 5.59. The normalized spacial score (nSPS) is 12.8. The first-order valence-electron chi connectivity index (χ1n) is 7.75. The van der Waals surface area contributed by atoms with Crippen molar-refractivity contribution in [1.29, 1.82) is 0 Å². The third-order valence-electron chi connectivity index (χ3n) is 3.86. The number of methoxy groups -OCH3 is 1. The van der Waals surface area contributed by atoms with Crippen LogP contribution in [0.4, 0.5) is 5.69 Å². The first-order chi connectivity index (χ1) is 11.9. The van der Waals surface area contributed by atoms with E-state index < -0.39 is 23.3 Å². The topological polar surface area (TPSA) is 97.6 Å². The summed E-state index contributed by atoms with van der Waals surface area (Å²) in [6, 6.07) is 9.53. The van der Waals surface area contributed by atoms with Crippen molar-refractivity contribution in [3.05, 3.63) is 54.0 Å². The highest BCUT2D eigenvalue weighted by Gasteiger charge is 2.34. The molecule has 2 aromatic rings. The van der Waals surface area contributed by atoms with Crippen molar-refractivity contribution in [2.75, 3.05) is 12.4 Å². The Morgan fingerprint density at radius 2 is 1.92 bits per heavy atom. The van der Waals surface area contributed by atoms with E-state index in [4.69, 9.17) is 9.15 Å². The summed E-state index contributed by atoms with van der Waals surface area (Å²) in [5.74, 6) is -1.22. The lowest BCUT2D eigenvalue weighted by Gasteiger charge is -2.26. The molecule has 0 saturated carbocycles. The van der Waals surface area contributed by atoms with Gasteiger partial charge in [-0.25, -0.2) is 4.79 Å². The van der Waals surface area contributed by atoms with Crippen molar-refractivity contribution in [2.24, 2.45) is 0 Å². The fourth-order valence-electron chi connectivity index (χ4n) is 2.17. The summed E-state index contributed by atoms with van der Waals surface area (Å²) in [5.41, 5.74) is -0.384. The van der Waals surface area contributed by atoms with Gasteiger partial charge in [0.2, 0.25) is 0 Å². The molecule has 25 heavy (non-hydrogen) atoms. The molecule has 132 valence electrons. The van der Waals surface area contributed by atoms with Crippen molar-refractivity contribution in [2.45, 2.75) is 25.8 Å². The van der Waals surface area contributed by atoms with Gasteiger partial charge in [-0.2, -0.15) is 0 Å². The van der Waals surface area contributed by atoms with Crippen molar-refractivity contribution >= 4 is 23.5 Å². The van der Waals surface area contributed by atoms with Crippen LogP contribution in [0.25, 0.3) is 0 Å². The van der Waals surface area contributed by atoms with Gasteiger partial charge in [-0.1, -0.05) is 13.0 Å². The fourth-order valence-corrected chi connectivity index (χ4v) is 2.17. The summed E-state index contributed by atoms with van der Waals surface area (Å²) in [5, 5.41) is 5.32. The molecule has 0 saturated heterocycles. The van der Waals surface area contributed by atoms with E-state index in [0.717, 1.165) is 0 Å². The Balaban J connectivity index is 2.13. The third-order valence-corrected chi connectivity index (χ3v) is 3.86. The van der Waals surface area contributed by atoms with Crippen LogP contribution < -0.4 is 10.6 Å². The first-order valence-corrected chi connectivity index (χ1v) is 7.75. The Morgan fingerprint density at radius 1 is 1.16 bits per heavy atom. The fraction of sp³-hybridized carbons (Fsp3) is 0.278. The van der Waals surface area contributed by atoms with E-state index in [-0.39, 0.29) is 5.76 Å². The van der Waals surface area contributed by atoms with E-state index in [2.05, 4.69) is 10.6 Å². The van der Waals surface area contributed by atoms with Crippen molar-refractivity contribution in [3.63, 3.8) is 0 Å². The van der Waals surface area contributed by atoms with E-state index >= 15 is 0 Å². The number of ether oxygens (including phenoxy) is 1. The summed E-state index contributed by atoms with van der Waals surface area (Å²) >= 11 is 0. The number of amides is 2. The van der Waals surface area contributed by atoms with Gasteiger partial charge < -0.3 is 19.8 Å². The molecule has 2 amide bonds. The number of hydrogen-bond donors (Lipinski definition) is 2. The smallest absolute Gasteiger partial charge is 0.331 e. The maximum Gasteiger partial charge on any atom is 0.331 e. The lowest BCUT2D eigenvalue weighted by molar-refractivity contribution is -0.147. The van der Waals surface area contributed by atoms with Crippen molar-refractivity contribution in [3.8, 4) is 0 Å². The zero-order valence-corrected chi connectivity index (χ0v) is 14.3. The summed E-state index contributed by atoms with van der Waals surface area (Å²) in [6.45, 7) is 3.37. The SMILES string of the molecule is CC[C@](C)(NC(=O)c1cccc(NC(=O)c2ccco2)c1)C(=O)OC. The highest BCUT2D eigenvalue weighted by molar-refractivity contribution is 6.03. The Bertz CT molecular complexity index is 770. The zero-order valence-electron chi connectivity index (χ0n) is 14.3. The molecule has 0 aliphatic carbocycles. The monoisotopic (exact) mass is 344 g/mol. The molecule has 7 nitrogen and oxygen atoms in total. The molecule has 0 spiro atoms. The highest BCUT2D eigenvalue weighted by atomic mass is 16.5. The molecule has 2 N–H and O–H groups in total. The molecule has 1 aromatic carbocycles. The largest absolute Gasteiger partial charge is 0.467 e. The molecule has 0 aliphatic heterocycles. The van der Waals surface area contributed by atoms with Gasteiger partial charge in [0, 0.05) is 11.3 Å². The molecule has 0 radical (unpaired) electrons. The molecule has 1 heterocycles. The van der Waals surface area contributed by atoms with Crippen LogP contribution in [-0.2, 0) is 9.53 Å². The van der Waals surface area contributed by atoms with Gasteiger partial charge >= 0.3 is 5.97 Å². The van der Waals surface area contributed by atoms with E-state index in [1.807, 2.05) is 0 Å². The van der Waals surface area contributed by atoms with E-state index in [0.29, 0.717) is 17.7 Å². The number of carbonyl (C=O) groups is 3. The summed E-state index contributed by atoms with van der Waals surface area (Å²) in [4.78, 5) is 36.3. The number of nitrogens with one attached hydrogen (secondary N) is 2. The lowest BCUT2D eigenvalue weighted by Crippen LogP contribution is -2.52. The number of furan rings is 1. The standard InChI is InChI=1S/C18H20N2O5/c1-4-18(2,17(23)24-3)20-15(21)12-7-5-8-13(11-12)19-16(22)14-9-6-10-25-14/h5-11H,4H2,1-3H3,(H,19,22)(H,20,21)/t18-/m0/s1. The molecule has 1 atom stereocenters. The average molecular weight is 344 g/mol. The minimum atomic E-state index is -1.13. The predicted octanol–water partition coefficient (Wildman–Crippen LogP) is 2.60. The van der Waals surface area contributed by atoms with Gasteiger partial charge in [0.1, 0.15) is 5.54 Å². The second kappa shape index (κ2) is 7.65. The molecule has 0 bridgehead atoms. The van der Waals surface area contributed by atoms with Crippen LogP contribution in [-0.4, -0.2) is 30.4 Å². The molecular weight excluding hydrogens is 324 g/mol. The van der Waals surface area contributed by atoms with Gasteiger partial charge in [-0.15, -0.1) is 0 Å². The molecule has 0 fully saturated rings. The van der Waals surface area contributed by atoms with Crippen LogP contribution in [0.5, 0.6) is 0 Å². The summed E-state index contributed by atoms with van der Waals surface area (Å²) in [6.07, 6.45) is 1.78. The van der Waals surface area contributed by atoms with Gasteiger partial charge in [-0.3, -0.25) is 9.59 Å². The quantitative estimate of drug-likeness (QED) is 0.785. The van der Waals surface area contributed by atoms with E-state index in [9.17, 15) is 14.4 Å². The van der Waals surface area contributed by atoms with Crippen LogP contribution in [0, 0.1) is 0 Å². The van der Waals surface area contributed by atoms with Crippen LogP contribution in [0.3, 0.4) is 0 Å². The predicted molar refractivity (Wildman–Crippen MR) is 91.3 cm³/mol. The van der Waals surface area contributed by atoms with Gasteiger partial charge in [0.15, 0.2) is 5.76 Å². The molecule has 1 aromatic heterocycles. The Hall–Kier alpha value is -3.09. The molecular formula is C18H20N2O5. The number of carbonyl (C=O) groups excluding carboxylic acids is 3. The van der Waals surface area contributed by atoms with Crippen LogP contribution in [0.2, 0.25) is 0 Å². The van der Waals surface area contributed by atoms with E-state index in [1.54, 1.807) is 38.1 Å². The third kappa shape index (κ3) is 4.26. The number of hydrogen-bond acceptors (Lipinski definition) is 5. The number of benzene rings is 1. The summed E-state index contributed by atoms with van der Waals surface area (Å²) in [7, 11) is 1.27. The minimum Gasteiger partial charge on any atom is -0.467 e. The lowest BCUT2D eigenvalue weighted by atomic mass is 9.98. The Labute approximate surface area is 145 Å². The number of rotatable bonds is 6. The highest BCUT2D eigenvalue weighted by Crippen LogP contribution is 2.16. The number of anilines is 1. The van der Waals surface area contributed by atoms with Crippen molar-refractivity contribution in [1.82, 2.24) is 5.32 Å². The molecule has 0 aliphatic rings. The van der Waals surface area contributed by atoms with Gasteiger partial charge in [-0.05, 0) is 43.7 Å². The molecule has 0 unspecified atom stereocenters. The molecule has 7 heteroatoms. The van der Waals surface area contributed by atoms with Crippen LogP contribution in [0.15, 0.2) is 47.1 Å². The summed E-state index contributed by atoms with van der Waals surface area (Å²) < 4.78 is 9.76. The second-order valence-corrected chi connectivity index (χ2v) is 5.64. The average Bonchev–Trinajstić information content (AvgIpc) is 3.15.